The van der Waals surface area contributed by atoms with Crippen molar-refractivity contribution in [3.8, 4) is 0 Å². The van der Waals surface area contributed by atoms with Crippen LogP contribution in [-0.4, -0.2) is 34.3 Å². The average molecular weight is 284 g/mol. The predicted molar refractivity (Wildman–Crippen MR) is 84.9 cm³/mol. The molecule has 2 heterocycles. The quantitative estimate of drug-likeness (QED) is 0.933. The van der Waals surface area contributed by atoms with Gasteiger partial charge in [0.05, 0.1) is 6.20 Å². The first-order valence-electron chi connectivity index (χ1n) is 7.64. The van der Waals surface area contributed by atoms with Crippen LogP contribution in [0.1, 0.15) is 22.7 Å². The lowest BCUT2D eigenvalue weighted by atomic mass is 9.89. The Labute approximate surface area is 126 Å². The van der Waals surface area contributed by atoms with E-state index < -0.39 is 0 Å². The van der Waals surface area contributed by atoms with Crippen LogP contribution in [0, 0.1) is 12.8 Å². The summed E-state index contributed by atoms with van der Waals surface area (Å²) < 4.78 is 1.94. The van der Waals surface area contributed by atoms with E-state index in [2.05, 4.69) is 47.3 Å². The maximum atomic E-state index is 6.01. The number of benzene rings is 1. The average Bonchev–Trinajstić information content (AvgIpc) is 3.07. The van der Waals surface area contributed by atoms with E-state index in [9.17, 15) is 0 Å². The lowest BCUT2D eigenvalue weighted by molar-refractivity contribution is 0.316. The first kappa shape index (κ1) is 14.3. The molecule has 21 heavy (non-hydrogen) atoms. The molecule has 0 spiro atoms. The van der Waals surface area contributed by atoms with Gasteiger partial charge in [0, 0.05) is 43.9 Å². The molecular formula is C17H24N4. The number of aromatic nitrogens is 2. The van der Waals surface area contributed by atoms with Gasteiger partial charge in [-0.25, -0.2) is 0 Å². The molecule has 0 saturated carbocycles. The third-order valence-electron chi connectivity index (χ3n) is 4.78. The third-order valence-corrected chi connectivity index (χ3v) is 4.78. The molecule has 1 fully saturated rings. The van der Waals surface area contributed by atoms with E-state index in [1.54, 1.807) is 0 Å². The molecule has 2 aromatic rings. The molecule has 0 unspecified atom stereocenters. The summed E-state index contributed by atoms with van der Waals surface area (Å²) >= 11 is 0. The van der Waals surface area contributed by atoms with Crippen molar-refractivity contribution in [1.82, 2.24) is 14.7 Å². The molecule has 112 valence electrons. The fraction of sp³-hybridized carbons (Fsp3) is 0.471. The summed E-state index contributed by atoms with van der Waals surface area (Å²) in [7, 11) is 2.00. The van der Waals surface area contributed by atoms with Gasteiger partial charge in [0.25, 0.3) is 0 Å². The second-order valence-corrected chi connectivity index (χ2v) is 6.09. The van der Waals surface area contributed by atoms with Crippen LogP contribution in [0.3, 0.4) is 0 Å². The summed E-state index contributed by atoms with van der Waals surface area (Å²) in [6, 6.07) is 10.8. The van der Waals surface area contributed by atoms with E-state index in [0.29, 0.717) is 11.8 Å². The Bertz CT molecular complexity index is 590. The number of nitrogens with two attached hydrogens (primary N) is 1. The molecule has 1 aromatic carbocycles. The predicted octanol–water partition coefficient (Wildman–Crippen LogP) is 1.90. The van der Waals surface area contributed by atoms with Crippen LogP contribution in [0.15, 0.2) is 36.5 Å². The Kier molecular flexibility index (Phi) is 4.08. The molecule has 3 rings (SSSR count). The number of aryl methyl sites for hydroxylation is 1. The zero-order valence-electron chi connectivity index (χ0n) is 12.9. The molecule has 0 amide bonds. The normalized spacial score (nSPS) is 22.8. The highest BCUT2D eigenvalue weighted by Gasteiger charge is 2.32. The Morgan fingerprint density at radius 3 is 2.62 bits per heavy atom. The summed E-state index contributed by atoms with van der Waals surface area (Å²) in [4.78, 5) is 2.51. The summed E-state index contributed by atoms with van der Waals surface area (Å²) in [5, 5.41) is 4.34. The number of hydrogen-bond donors (Lipinski definition) is 1. The van der Waals surface area contributed by atoms with Gasteiger partial charge in [0.2, 0.25) is 0 Å². The second kappa shape index (κ2) is 6.00. The molecule has 1 aromatic heterocycles. The Balaban J connectivity index is 1.74. The Morgan fingerprint density at radius 1 is 1.24 bits per heavy atom. The van der Waals surface area contributed by atoms with Gasteiger partial charge in [-0.1, -0.05) is 30.3 Å². The summed E-state index contributed by atoms with van der Waals surface area (Å²) in [6.07, 6.45) is 1.99. The van der Waals surface area contributed by atoms with Crippen molar-refractivity contribution in [2.45, 2.75) is 19.4 Å². The van der Waals surface area contributed by atoms with E-state index in [0.717, 1.165) is 26.2 Å². The van der Waals surface area contributed by atoms with E-state index >= 15 is 0 Å². The largest absolute Gasteiger partial charge is 0.330 e. The van der Waals surface area contributed by atoms with Crippen molar-refractivity contribution in [2.24, 2.45) is 18.7 Å². The minimum absolute atomic E-state index is 0.546. The monoisotopic (exact) mass is 284 g/mol. The first-order chi connectivity index (χ1) is 10.2. The fourth-order valence-electron chi connectivity index (χ4n) is 3.35. The third kappa shape index (κ3) is 2.87. The van der Waals surface area contributed by atoms with Gasteiger partial charge in [-0.05, 0) is 24.9 Å². The highest BCUT2D eigenvalue weighted by atomic mass is 15.3. The lowest BCUT2D eigenvalue weighted by Gasteiger charge is -2.16. The smallest absolute Gasteiger partial charge is 0.0537 e. The van der Waals surface area contributed by atoms with Gasteiger partial charge >= 0.3 is 0 Å². The zero-order chi connectivity index (χ0) is 14.8. The maximum absolute atomic E-state index is 6.01. The highest BCUT2D eigenvalue weighted by molar-refractivity contribution is 5.23. The van der Waals surface area contributed by atoms with Gasteiger partial charge < -0.3 is 5.73 Å². The zero-order valence-corrected chi connectivity index (χ0v) is 12.9. The highest BCUT2D eigenvalue weighted by Crippen LogP contribution is 2.32. The SMILES string of the molecule is Cc1c(CN2C[C@@H](CN)[C@H](c3ccccc3)C2)cnn1C. The molecule has 4 nitrogen and oxygen atoms in total. The van der Waals surface area contributed by atoms with Crippen LogP contribution in [0.25, 0.3) is 0 Å². The fourth-order valence-corrected chi connectivity index (χ4v) is 3.35. The van der Waals surface area contributed by atoms with Crippen molar-refractivity contribution in [3.63, 3.8) is 0 Å². The van der Waals surface area contributed by atoms with Crippen molar-refractivity contribution in [2.75, 3.05) is 19.6 Å². The standard InChI is InChI=1S/C17H24N4/c1-13-16(9-19-20(13)2)11-21-10-15(8-18)17(12-21)14-6-4-3-5-7-14/h3-7,9,15,17H,8,10-12,18H2,1-2H3/t15-,17+/m1/s1. The maximum Gasteiger partial charge on any atom is 0.0537 e. The van der Waals surface area contributed by atoms with Crippen molar-refractivity contribution < 1.29 is 0 Å². The first-order valence-corrected chi connectivity index (χ1v) is 7.64. The second-order valence-electron chi connectivity index (χ2n) is 6.09. The summed E-state index contributed by atoms with van der Waals surface area (Å²) in [5.41, 5.74) is 10.00. The molecule has 4 heteroatoms. The molecule has 1 aliphatic heterocycles. The van der Waals surface area contributed by atoms with Gasteiger partial charge in [-0.3, -0.25) is 9.58 Å². The van der Waals surface area contributed by atoms with Gasteiger partial charge in [0.15, 0.2) is 0 Å². The minimum atomic E-state index is 0.546. The Hall–Kier alpha value is -1.65. The van der Waals surface area contributed by atoms with E-state index in [4.69, 9.17) is 5.73 Å². The summed E-state index contributed by atoms with van der Waals surface area (Å²) in [6.45, 7) is 6.01. The number of hydrogen-bond acceptors (Lipinski definition) is 3. The number of likely N-dealkylation sites (tertiary alicyclic amines) is 1. The molecular weight excluding hydrogens is 260 g/mol. The van der Waals surface area contributed by atoms with Crippen LogP contribution in [-0.2, 0) is 13.6 Å². The van der Waals surface area contributed by atoms with E-state index in [-0.39, 0.29) is 0 Å². The van der Waals surface area contributed by atoms with Crippen LogP contribution in [0.4, 0.5) is 0 Å². The van der Waals surface area contributed by atoms with Crippen LogP contribution < -0.4 is 5.73 Å². The molecule has 0 aliphatic carbocycles. The van der Waals surface area contributed by atoms with E-state index in [1.807, 2.05) is 17.9 Å². The van der Waals surface area contributed by atoms with Crippen molar-refractivity contribution in [1.29, 1.82) is 0 Å². The molecule has 1 aliphatic rings. The van der Waals surface area contributed by atoms with Gasteiger partial charge in [0.1, 0.15) is 0 Å². The lowest BCUT2D eigenvalue weighted by Crippen LogP contribution is -2.23. The van der Waals surface area contributed by atoms with Crippen LogP contribution >= 0.6 is 0 Å². The molecule has 2 N–H and O–H groups in total. The van der Waals surface area contributed by atoms with Crippen LogP contribution in [0.2, 0.25) is 0 Å². The van der Waals surface area contributed by atoms with Crippen molar-refractivity contribution >= 4 is 0 Å². The van der Waals surface area contributed by atoms with E-state index in [1.165, 1.54) is 16.8 Å². The topological polar surface area (TPSA) is 47.1 Å². The number of rotatable bonds is 4. The van der Waals surface area contributed by atoms with Gasteiger partial charge in [-0.2, -0.15) is 5.10 Å². The summed E-state index contributed by atoms with van der Waals surface area (Å²) in [5.74, 6) is 1.09. The minimum Gasteiger partial charge on any atom is -0.330 e. The molecule has 0 bridgehead atoms. The number of nitrogens with zero attached hydrogens (tertiary/aromatic N) is 3. The molecule has 0 radical (unpaired) electrons. The molecule has 2 atom stereocenters. The van der Waals surface area contributed by atoms with Crippen LogP contribution in [0.5, 0.6) is 0 Å². The molecule has 1 saturated heterocycles. The van der Waals surface area contributed by atoms with Crippen molar-refractivity contribution in [3.05, 3.63) is 53.3 Å². The van der Waals surface area contributed by atoms with Gasteiger partial charge in [-0.15, -0.1) is 0 Å². The Morgan fingerprint density at radius 2 is 2.00 bits per heavy atom.